The zero-order valence-electron chi connectivity index (χ0n) is 9.64. The second-order valence-electron chi connectivity index (χ2n) is 3.97. The molecule has 2 heterocycles. The van der Waals surface area contributed by atoms with Crippen LogP contribution in [0.5, 0.6) is 0 Å². The summed E-state index contributed by atoms with van der Waals surface area (Å²) in [4.78, 5) is 4.16. The molecule has 3 rings (SSSR count). The summed E-state index contributed by atoms with van der Waals surface area (Å²) in [5, 5.41) is 6.86. The van der Waals surface area contributed by atoms with Crippen LogP contribution in [-0.2, 0) is 0 Å². The maximum Gasteiger partial charge on any atom is 0.200 e. The highest BCUT2D eigenvalue weighted by Crippen LogP contribution is 2.24. The Morgan fingerprint density at radius 2 is 2.17 bits per heavy atom. The Balaban J connectivity index is 1.98. The zero-order valence-corrected chi connectivity index (χ0v) is 9.64. The van der Waals surface area contributed by atoms with Crippen LogP contribution < -0.4 is 5.32 Å². The molecule has 18 heavy (non-hydrogen) atoms. The Hall–Kier alpha value is -2.43. The molecule has 0 spiro atoms. The largest absolute Gasteiger partial charge is 0.352 e. The fourth-order valence-electron chi connectivity index (χ4n) is 1.67. The average molecular weight is 243 g/mol. The lowest BCUT2D eigenvalue weighted by atomic mass is 10.2. The van der Waals surface area contributed by atoms with Gasteiger partial charge in [-0.15, -0.1) is 0 Å². The van der Waals surface area contributed by atoms with E-state index in [0.717, 1.165) is 0 Å². The van der Waals surface area contributed by atoms with Crippen molar-refractivity contribution in [2.24, 2.45) is 0 Å². The molecule has 2 aromatic heterocycles. The van der Waals surface area contributed by atoms with E-state index in [1.165, 1.54) is 6.07 Å². The van der Waals surface area contributed by atoms with Gasteiger partial charge in [-0.3, -0.25) is 0 Å². The summed E-state index contributed by atoms with van der Waals surface area (Å²) in [5.41, 5.74) is 2.42. The molecule has 5 heteroatoms. The molecule has 1 N–H and O–H groups in total. The number of nitrogens with one attached hydrogen (secondary N) is 1. The molecule has 0 radical (unpaired) electrons. The smallest absolute Gasteiger partial charge is 0.200 e. The van der Waals surface area contributed by atoms with Crippen molar-refractivity contribution in [2.45, 2.75) is 6.92 Å². The highest BCUT2D eigenvalue weighted by atomic mass is 19.1. The molecule has 0 unspecified atom stereocenters. The number of pyridine rings is 1. The van der Waals surface area contributed by atoms with Gasteiger partial charge in [0.1, 0.15) is 5.82 Å². The number of hydrogen-bond donors (Lipinski definition) is 1. The summed E-state index contributed by atoms with van der Waals surface area (Å²) in [6.45, 7) is 1.71. The minimum absolute atomic E-state index is 0.263. The molecule has 0 aliphatic rings. The third-order valence-corrected chi connectivity index (χ3v) is 2.66. The lowest BCUT2D eigenvalue weighted by Crippen LogP contribution is -1.93. The third kappa shape index (κ3) is 1.79. The molecule has 0 atom stereocenters. The monoisotopic (exact) mass is 243 g/mol. The van der Waals surface area contributed by atoms with Crippen molar-refractivity contribution in [3.05, 3.63) is 47.9 Å². The van der Waals surface area contributed by atoms with Gasteiger partial charge in [0, 0.05) is 11.9 Å². The van der Waals surface area contributed by atoms with Gasteiger partial charge in [0.15, 0.2) is 16.9 Å². The van der Waals surface area contributed by atoms with Crippen LogP contribution in [0, 0.1) is 12.7 Å². The number of aryl methyl sites for hydroxylation is 1. The molecule has 90 valence electrons. The lowest BCUT2D eigenvalue weighted by molar-refractivity contribution is 0.460. The predicted octanol–water partition coefficient (Wildman–Crippen LogP) is 3.41. The highest BCUT2D eigenvalue weighted by molar-refractivity contribution is 5.85. The van der Waals surface area contributed by atoms with Gasteiger partial charge >= 0.3 is 0 Å². The first-order chi connectivity index (χ1) is 8.74. The zero-order chi connectivity index (χ0) is 12.5. The molecule has 1 aromatic carbocycles. The highest BCUT2D eigenvalue weighted by Gasteiger charge is 2.09. The number of hydrogen-bond acceptors (Lipinski definition) is 4. The first-order valence-corrected chi connectivity index (χ1v) is 5.47. The van der Waals surface area contributed by atoms with Crippen molar-refractivity contribution >= 4 is 22.6 Å². The maximum absolute atomic E-state index is 13.4. The molecule has 0 amide bonds. The first-order valence-electron chi connectivity index (χ1n) is 5.47. The summed E-state index contributed by atoms with van der Waals surface area (Å²) < 4.78 is 18.5. The molecule has 3 aromatic rings. The molecule has 4 nitrogen and oxygen atoms in total. The number of aromatic nitrogens is 2. The number of benzene rings is 1. The van der Waals surface area contributed by atoms with Crippen LogP contribution in [0.4, 0.5) is 15.9 Å². The van der Waals surface area contributed by atoms with Gasteiger partial charge in [0.05, 0.1) is 0 Å². The molecule has 0 fully saturated rings. The van der Waals surface area contributed by atoms with E-state index in [1.54, 1.807) is 37.4 Å². The van der Waals surface area contributed by atoms with E-state index in [4.69, 9.17) is 4.52 Å². The van der Waals surface area contributed by atoms with Crippen LogP contribution in [0.15, 0.2) is 41.1 Å². The van der Waals surface area contributed by atoms with E-state index in [2.05, 4.69) is 15.5 Å². The number of halogens is 1. The summed E-state index contributed by atoms with van der Waals surface area (Å²) >= 11 is 0. The van der Waals surface area contributed by atoms with Crippen molar-refractivity contribution in [1.82, 2.24) is 10.1 Å². The molecule has 0 bridgehead atoms. The number of anilines is 2. The number of nitrogens with zero attached hydrogens (tertiary/aromatic N) is 2. The van der Waals surface area contributed by atoms with E-state index in [-0.39, 0.29) is 5.82 Å². The second-order valence-corrected chi connectivity index (χ2v) is 3.97. The molecule has 0 aliphatic heterocycles. The van der Waals surface area contributed by atoms with Crippen LogP contribution in [0.25, 0.3) is 11.1 Å². The van der Waals surface area contributed by atoms with E-state index < -0.39 is 0 Å². The standard InChI is InChI=1S/C13H10FN3O/c1-8-4-5-9(7-10(8)14)16-13-12-11(18-17-13)3-2-6-15-12/h2-7H,1H3,(H,16,17). The van der Waals surface area contributed by atoms with E-state index in [0.29, 0.717) is 28.2 Å². The first kappa shape index (κ1) is 10.7. The van der Waals surface area contributed by atoms with E-state index in [1.807, 2.05) is 0 Å². The Kier molecular flexibility index (Phi) is 2.44. The second kappa shape index (κ2) is 4.10. The average Bonchev–Trinajstić information content (AvgIpc) is 2.78. The van der Waals surface area contributed by atoms with Crippen LogP contribution in [0.2, 0.25) is 0 Å². The van der Waals surface area contributed by atoms with Gasteiger partial charge in [-0.25, -0.2) is 9.37 Å². The van der Waals surface area contributed by atoms with Crippen molar-refractivity contribution in [3.63, 3.8) is 0 Å². The maximum atomic E-state index is 13.4. The van der Waals surface area contributed by atoms with Crippen LogP contribution in [0.1, 0.15) is 5.56 Å². The summed E-state index contributed by atoms with van der Waals surface area (Å²) in [6, 6.07) is 8.44. The van der Waals surface area contributed by atoms with E-state index >= 15 is 0 Å². The summed E-state index contributed by atoms with van der Waals surface area (Å²) in [6.07, 6.45) is 1.65. The minimum atomic E-state index is -0.263. The molecular weight excluding hydrogens is 233 g/mol. The topological polar surface area (TPSA) is 51.0 Å². The summed E-state index contributed by atoms with van der Waals surface area (Å²) in [5.74, 6) is 0.217. The Bertz CT molecular complexity index is 708. The predicted molar refractivity (Wildman–Crippen MR) is 66.2 cm³/mol. The minimum Gasteiger partial charge on any atom is -0.352 e. The van der Waals surface area contributed by atoms with Crippen LogP contribution in [0.3, 0.4) is 0 Å². The molecule has 0 saturated carbocycles. The number of fused-ring (bicyclic) bond motifs is 1. The van der Waals surface area contributed by atoms with Crippen LogP contribution >= 0.6 is 0 Å². The van der Waals surface area contributed by atoms with Gasteiger partial charge in [-0.2, -0.15) is 0 Å². The third-order valence-electron chi connectivity index (χ3n) is 2.66. The fourth-order valence-corrected chi connectivity index (χ4v) is 1.67. The molecule has 0 saturated heterocycles. The van der Waals surface area contributed by atoms with Crippen molar-refractivity contribution in [1.29, 1.82) is 0 Å². The van der Waals surface area contributed by atoms with Crippen molar-refractivity contribution in [2.75, 3.05) is 5.32 Å². The van der Waals surface area contributed by atoms with E-state index in [9.17, 15) is 4.39 Å². The Morgan fingerprint density at radius 1 is 1.28 bits per heavy atom. The quantitative estimate of drug-likeness (QED) is 0.749. The Morgan fingerprint density at radius 3 is 3.00 bits per heavy atom. The van der Waals surface area contributed by atoms with Gasteiger partial charge in [-0.05, 0) is 36.8 Å². The molecular formula is C13H10FN3O. The SMILES string of the molecule is Cc1ccc(Nc2noc3cccnc23)cc1F. The summed E-state index contributed by atoms with van der Waals surface area (Å²) in [7, 11) is 0. The lowest BCUT2D eigenvalue weighted by Gasteiger charge is -2.03. The normalized spacial score (nSPS) is 10.8. The van der Waals surface area contributed by atoms with Crippen LogP contribution in [-0.4, -0.2) is 10.1 Å². The van der Waals surface area contributed by atoms with Gasteiger partial charge in [0.25, 0.3) is 0 Å². The van der Waals surface area contributed by atoms with Gasteiger partial charge in [0.2, 0.25) is 0 Å². The Labute approximate surface area is 102 Å². The van der Waals surface area contributed by atoms with Crippen molar-refractivity contribution < 1.29 is 8.91 Å². The van der Waals surface area contributed by atoms with Gasteiger partial charge < -0.3 is 9.84 Å². The number of rotatable bonds is 2. The van der Waals surface area contributed by atoms with Crippen molar-refractivity contribution in [3.8, 4) is 0 Å². The van der Waals surface area contributed by atoms with Gasteiger partial charge in [-0.1, -0.05) is 11.2 Å². The molecule has 0 aliphatic carbocycles. The fraction of sp³-hybridized carbons (Fsp3) is 0.0769.